The molecule has 0 aliphatic carbocycles. The van der Waals surface area contributed by atoms with E-state index in [4.69, 9.17) is 27.9 Å². The Morgan fingerprint density at radius 1 is 1.11 bits per heavy atom. The SMILES string of the molecule is Fc1cc(N=C=S)ccc1Oc1cc(Cl)ccc1Cl. The highest BCUT2D eigenvalue weighted by atomic mass is 35.5. The van der Waals surface area contributed by atoms with Crippen molar-refractivity contribution in [3.8, 4) is 11.5 Å². The smallest absolute Gasteiger partial charge is 0.167 e. The van der Waals surface area contributed by atoms with E-state index >= 15 is 0 Å². The number of isothiocyanates is 1. The minimum absolute atomic E-state index is 0.0208. The van der Waals surface area contributed by atoms with Crippen molar-refractivity contribution in [3.05, 3.63) is 52.3 Å². The first-order valence-corrected chi connectivity index (χ1v) is 6.27. The Hall–Kier alpha value is -1.45. The molecule has 0 aromatic heterocycles. The van der Waals surface area contributed by atoms with Gasteiger partial charge in [0.2, 0.25) is 0 Å². The molecule has 0 amide bonds. The molecule has 0 N–H and O–H groups in total. The molecule has 2 aromatic carbocycles. The van der Waals surface area contributed by atoms with E-state index in [1.54, 1.807) is 18.2 Å². The summed E-state index contributed by atoms with van der Waals surface area (Å²) in [5.74, 6) is -0.283. The summed E-state index contributed by atoms with van der Waals surface area (Å²) in [6.07, 6.45) is 0. The molecule has 2 aromatic rings. The summed E-state index contributed by atoms with van der Waals surface area (Å²) in [5.41, 5.74) is 0.358. The fourth-order valence-electron chi connectivity index (χ4n) is 1.37. The molecule has 19 heavy (non-hydrogen) atoms. The first kappa shape index (κ1) is 14.0. The third-order valence-electron chi connectivity index (χ3n) is 2.20. The highest BCUT2D eigenvalue weighted by molar-refractivity contribution is 7.78. The zero-order chi connectivity index (χ0) is 13.8. The predicted molar refractivity (Wildman–Crippen MR) is 77.6 cm³/mol. The molecule has 0 atom stereocenters. The lowest BCUT2D eigenvalue weighted by Gasteiger charge is -2.09. The van der Waals surface area contributed by atoms with Gasteiger partial charge in [-0.2, -0.15) is 4.99 Å². The summed E-state index contributed by atoms with van der Waals surface area (Å²) < 4.78 is 19.1. The number of hydrogen-bond donors (Lipinski definition) is 0. The first-order chi connectivity index (χ1) is 9.10. The second-order valence-corrected chi connectivity index (χ2v) is 4.52. The highest BCUT2D eigenvalue weighted by Crippen LogP contribution is 2.33. The number of ether oxygens (including phenoxy) is 1. The third kappa shape index (κ3) is 3.52. The van der Waals surface area contributed by atoms with Crippen LogP contribution < -0.4 is 4.74 Å². The van der Waals surface area contributed by atoms with Crippen molar-refractivity contribution in [1.29, 1.82) is 0 Å². The number of nitrogens with zero attached hydrogens (tertiary/aromatic N) is 1. The van der Waals surface area contributed by atoms with E-state index in [2.05, 4.69) is 22.4 Å². The van der Waals surface area contributed by atoms with Crippen molar-refractivity contribution < 1.29 is 9.13 Å². The quantitative estimate of drug-likeness (QED) is 0.538. The summed E-state index contributed by atoms with van der Waals surface area (Å²) in [7, 11) is 0. The molecule has 0 bridgehead atoms. The lowest BCUT2D eigenvalue weighted by molar-refractivity contribution is 0.442. The molecule has 0 spiro atoms. The largest absolute Gasteiger partial charge is 0.453 e. The Morgan fingerprint density at radius 2 is 1.89 bits per heavy atom. The lowest BCUT2D eigenvalue weighted by atomic mass is 10.3. The number of thiocarbonyl (C=S) groups is 1. The van der Waals surface area contributed by atoms with Crippen LogP contribution >= 0.6 is 35.4 Å². The number of benzene rings is 2. The van der Waals surface area contributed by atoms with Gasteiger partial charge in [-0.25, -0.2) is 4.39 Å². The van der Waals surface area contributed by atoms with Gasteiger partial charge in [-0.15, -0.1) is 0 Å². The van der Waals surface area contributed by atoms with Crippen molar-refractivity contribution in [1.82, 2.24) is 0 Å². The maximum Gasteiger partial charge on any atom is 0.167 e. The fourth-order valence-corrected chi connectivity index (χ4v) is 1.79. The van der Waals surface area contributed by atoms with Crippen LogP contribution in [-0.4, -0.2) is 5.16 Å². The Balaban J connectivity index is 2.33. The van der Waals surface area contributed by atoms with Gasteiger partial charge in [0.1, 0.15) is 5.75 Å². The Kier molecular flexibility index (Phi) is 4.51. The van der Waals surface area contributed by atoms with Crippen LogP contribution in [0.2, 0.25) is 10.0 Å². The Labute approximate surface area is 124 Å². The van der Waals surface area contributed by atoms with Crippen LogP contribution in [0.3, 0.4) is 0 Å². The second kappa shape index (κ2) is 6.13. The topological polar surface area (TPSA) is 21.6 Å². The Morgan fingerprint density at radius 3 is 2.58 bits per heavy atom. The van der Waals surface area contributed by atoms with E-state index in [0.29, 0.717) is 15.7 Å². The van der Waals surface area contributed by atoms with Gasteiger partial charge in [-0.05, 0) is 36.5 Å². The maximum atomic E-state index is 13.8. The molecule has 2 nitrogen and oxygen atoms in total. The van der Waals surface area contributed by atoms with E-state index in [1.807, 2.05) is 0 Å². The van der Waals surface area contributed by atoms with Crippen molar-refractivity contribution in [2.75, 3.05) is 0 Å². The number of halogens is 3. The summed E-state index contributed by atoms with van der Waals surface area (Å²) >= 11 is 16.2. The van der Waals surface area contributed by atoms with Gasteiger partial charge in [0, 0.05) is 17.2 Å². The van der Waals surface area contributed by atoms with Crippen molar-refractivity contribution in [3.63, 3.8) is 0 Å². The normalized spacial score (nSPS) is 9.84. The minimum Gasteiger partial charge on any atom is -0.453 e. The zero-order valence-corrected chi connectivity index (χ0v) is 11.7. The average molecular weight is 314 g/mol. The van der Waals surface area contributed by atoms with Gasteiger partial charge in [0.25, 0.3) is 0 Å². The second-order valence-electron chi connectivity index (χ2n) is 3.49. The van der Waals surface area contributed by atoms with Crippen molar-refractivity contribution in [2.45, 2.75) is 0 Å². The molecule has 0 fully saturated rings. The average Bonchev–Trinajstić information content (AvgIpc) is 2.37. The Bertz CT molecular complexity index is 672. The van der Waals surface area contributed by atoms with Crippen LogP contribution in [0.25, 0.3) is 0 Å². The molecule has 0 saturated carbocycles. The summed E-state index contributed by atoms with van der Waals surface area (Å²) in [4.78, 5) is 3.67. The van der Waals surface area contributed by atoms with Crippen molar-refractivity contribution in [2.24, 2.45) is 4.99 Å². The minimum atomic E-state index is -0.581. The number of rotatable bonds is 3. The summed E-state index contributed by atoms with van der Waals surface area (Å²) in [5, 5.41) is 2.94. The van der Waals surface area contributed by atoms with Crippen LogP contribution in [0.15, 0.2) is 41.4 Å². The lowest BCUT2D eigenvalue weighted by Crippen LogP contribution is -1.89. The van der Waals surface area contributed by atoms with Gasteiger partial charge < -0.3 is 4.74 Å². The molecule has 2 rings (SSSR count). The molecule has 0 aliphatic heterocycles. The van der Waals surface area contributed by atoms with E-state index in [1.165, 1.54) is 18.2 Å². The monoisotopic (exact) mass is 313 g/mol. The molecule has 0 heterocycles. The molecule has 96 valence electrons. The van der Waals surface area contributed by atoms with E-state index in [9.17, 15) is 4.39 Å². The van der Waals surface area contributed by atoms with E-state index in [-0.39, 0.29) is 11.5 Å². The predicted octanol–water partition coefficient (Wildman–Crippen LogP) is 5.66. The van der Waals surface area contributed by atoms with E-state index < -0.39 is 5.82 Å². The molecule has 6 heteroatoms. The van der Waals surface area contributed by atoms with Crippen LogP contribution in [0.5, 0.6) is 11.5 Å². The molecular formula is C13H6Cl2FNOS. The molecular weight excluding hydrogens is 308 g/mol. The third-order valence-corrected chi connectivity index (χ3v) is 2.84. The van der Waals surface area contributed by atoms with Gasteiger partial charge in [0.05, 0.1) is 15.9 Å². The van der Waals surface area contributed by atoms with Gasteiger partial charge in [-0.3, -0.25) is 0 Å². The number of hydrogen-bond acceptors (Lipinski definition) is 3. The molecule has 0 unspecified atom stereocenters. The highest BCUT2D eigenvalue weighted by Gasteiger charge is 2.09. The molecule has 0 saturated heterocycles. The fraction of sp³-hybridized carbons (Fsp3) is 0. The van der Waals surface area contributed by atoms with Gasteiger partial charge in [-0.1, -0.05) is 23.2 Å². The molecule has 0 aliphatic rings. The summed E-state index contributed by atoms with van der Waals surface area (Å²) in [6, 6.07) is 8.86. The van der Waals surface area contributed by atoms with Gasteiger partial charge in [0.15, 0.2) is 11.6 Å². The van der Waals surface area contributed by atoms with Crippen molar-refractivity contribution >= 4 is 46.3 Å². The van der Waals surface area contributed by atoms with Crippen LogP contribution in [-0.2, 0) is 0 Å². The first-order valence-electron chi connectivity index (χ1n) is 5.10. The standard InChI is InChI=1S/C13H6Cl2FNOS/c14-8-1-3-10(15)13(5-8)18-12-4-2-9(17-7-19)6-11(12)16/h1-6H. The van der Waals surface area contributed by atoms with Crippen LogP contribution in [0.1, 0.15) is 0 Å². The molecule has 0 radical (unpaired) electrons. The maximum absolute atomic E-state index is 13.8. The van der Waals surface area contributed by atoms with Crippen LogP contribution in [0, 0.1) is 5.82 Å². The zero-order valence-electron chi connectivity index (χ0n) is 9.36. The van der Waals surface area contributed by atoms with E-state index in [0.717, 1.165) is 0 Å². The van der Waals surface area contributed by atoms with Crippen LogP contribution in [0.4, 0.5) is 10.1 Å². The van der Waals surface area contributed by atoms with Gasteiger partial charge >= 0.3 is 0 Å². The summed E-state index contributed by atoms with van der Waals surface area (Å²) in [6.45, 7) is 0. The number of aliphatic imine (C=N–C) groups is 1.